The van der Waals surface area contributed by atoms with Gasteiger partial charge >= 0.3 is 0 Å². The second-order valence-electron chi connectivity index (χ2n) is 6.95. The Kier molecular flexibility index (Phi) is 4.93. The molecular formula is C22H23N5O. The van der Waals surface area contributed by atoms with E-state index in [0.29, 0.717) is 11.4 Å². The molecule has 0 spiro atoms. The van der Waals surface area contributed by atoms with Crippen LogP contribution in [0.2, 0.25) is 0 Å². The van der Waals surface area contributed by atoms with Crippen LogP contribution < -0.4 is 10.9 Å². The van der Waals surface area contributed by atoms with E-state index >= 15 is 0 Å². The summed E-state index contributed by atoms with van der Waals surface area (Å²) in [5.41, 5.74) is 4.58. The molecule has 6 nitrogen and oxygen atoms in total. The molecule has 3 N–H and O–H groups in total. The number of para-hydroxylation sites is 1. The monoisotopic (exact) mass is 373 g/mol. The fourth-order valence-electron chi connectivity index (χ4n) is 3.25. The molecule has 6 heteroatoms. The summed E-state index contributed by atoms with van der Waals surface area (Å²) in [5.74, 6) is 1.36. The number of anilines is 1. The molecule has 0 unspecified atom stereocenters. The Morgan fingerprint density at radius 3 is 2.75 bits per heavy atom. The Labute approximate surface area is 163 Å². The molecule has 3 heterocycles. The Hall–Kier alpha value is -3.41. The van der Waals surface area contributed by atoms with Crippen molar-refractivity contribution >= 4 is 16.7 Å². The standard InChI is InChI=1S/C22H23N5O/c1-14-15(2)26-21(27-22(14)28)17-9-10-20(25-13-17)23-11-5-6-16-12-24-19-8-4-3-7-18(16)19/h3-4,7-10,12-13,24H,5-6,11H2,1-2H3,(H,23,25)(H,26,27,28). The molecule has 3 aromatic heterocycles. The molecule has 0 radical (unpaired) electrons. The fourth-order valence-corrected chi connectivity index (χ4v) is 3.25. The molecule has 0 aliphatic rings. The van der Waals surface area contributed by atoms with E-state index in [0.717, 1.165) is 36.5 Å². The summed E-state index contributed by atoms with van der Waals surface area (Å²) in [5, 5.41) is 4.64. The van der Waals surface area contributed by atoms with Crippen molar-refractivity contribution in [1.29, 1.82) is 0 Å². The van der Waals surface area contributed by atoms with Gasteiger partial charge in [0, 0.05) is 46.7 Å². The number of aryl methyl sites for hydroxylation is 2. The number of nitrogens with zero attached hydrogens (tertiary/aromatic N) is 2. The summed E-state index contributed by atoms with van der Waals surface area (Å²) < 4.78 is 0. The zero-order valence-corrected chi connectivity index (χ0v) is 16.0. The maximum atomic E-state index is 11.9. The van der Waals surface area contributed by atoms with Crippen molar-refractivity contribution in [3.8, 4) is 11.4 Å². The van der Waals surface area contributed by atoms with Crippen molar-refractivity contribution in [2.24, 2.45) is 0 Å². The normalized spacial score (nSPS) is 11.1. The van der Waals surface area contributed by atoms with Crippen LogP contribution in [-0.2, 0) is 6.42 Å². The van der Waals surface area contributed by atoms with Crippen molar-refractivity contribution in [1.82, 2.24) is 19.9 Å². The second kappa shape index (κ2) is 7.68. The van der Waals surface area contributed by atoms with Crippen LogP contribution in [0.25, 0.3) is 22.3 Å². The summed E-state index contributed by atoms with van der Waals surface area (Å²) in [4.78, 5) is 26.9. The quantitative estimate of drug-likeness (QED) is 0.446. The van der Waals surface area contributed by atoms with Gasteiger partial charge in [-0.15, -0.1) is 0 Å². The van der Waals surface area contributed by atoms with Crippen LogP contribution in [0.15, 0.2) is 53.6 Å². The van der Waals surface area contributed by atoms with Crippen LogP contribution in [-0.4, -0.2) is 26.5 Å². The van der Waals surface area contributed by atoms with Gasteiger partial charge < -0.3 is 15.3 Å². The van der Waals surface area contributed by atoms with Gasteiger partial charge in [0.05, 0.1) is 0 Å². The highest BCUT2D eigenvalue weighted by Gasteiger charge is 2.07. The van der Waals surface area contributed by atoms with Crippen LogP contribution in [0.3, 0.4) is 0 Å². The number of fused-ring (bicyclic) bond motifs is 1. The fraction of sp³-hybridized carbons (Fsp3) is 0.227. The number of hydrogen-bond donors (Lipinski definition) is 3. The van der Waals surface area contributed by atoms with Crippen LogP contribution in [0.1, 0.15) is 23.2 Å². The summed E-state index contributed by atoms with van der Waals surface area (Å²) >= 11 is 0. The van der Waals surface area contributed by atoms with Gasteiger partial charge in [0.2, 0.25) is 0 Å². The first-order valence-corrected chi connectivity index (χ1v) is 9.44. The lowest BCUT2D eigenvalue weighted by molar-refractivity contribution is 0.864. The summed E-state index contributed by atoms with van der Waals surface area (Å²) in [6.45, 7) is 4.45. The molecule has 4 aromatic rings. The molecule has 0 saturated carbocycles. The molecule has 142 valence electrons. The Bertz CT molecular complexity index is 1160. The maximum Gasteiger partial charge on any atom is 0.254 e. The van der Waals surface area contributed by atoms with Gasteiger partial charge in [-0.1, -0.05) is 18.2 Å². The van der Waals surface area contributed by atoms with E-state index in [1.165, 1.54) is 16.5 Å². The number of aromatic amines is 2. The minimum absolute atomic E-state index is 0.109. The predicted molar refractivity (Wildman–Crippen MR) is 113 cm³/mol. The average molecular weight is 373 g/mol. The average Bonchev–Trinajstić information content (AvgIpc) is 3.13. The van der Waals surface area contributed by atoms with Crippen molar-refractivity contribution in [3.05, 3.63) is 76.0 Å². The van der Waals surface area contributed by atoms with Gasteiger partial charge in [-0.2, -0.15) is 0 Å². The highest BCUT2D eigenvalue weighted by molar-refractivity contribution is 5.83. The number of benzene rings is 1. The molecule has 28 heavy (non-hydrogen) atoms. The largest absolute Gasteiger partial charge is 0.370 e. The number of pyridine rings is 1. The number of H-pyrrole nitrogens is 2. The van der Waals surface area contributed by atoms with Crippen LogP contribution in [0.5, 0.6) is 0 Å². The van der Waals surface area contributed by atoms with Gasteiger partial charge in [-0.05, 0) is 50.5 Å². The molecule has 0 aliphatic heterocycles. The van der Waals surface area contributed by atoms with Crippen LogP contribution in [0.4, 0.5) is 5.82 Å². The van der Waals surface area contributed by atoms with E-state index in [4.69, 9.17) is 0 Å². The first-order chi connectivity index (χ1) is 13.6. The number of rotatable bonds is 6. The van der Waals surface area contributed by atoms with E-state index < -0.39 is 0 Å². The number of nitrogens with one attached hydrogen (secondary N) is 3. The summed E-state index contributed by atoms with van der Waals surface area (Å²) in [7, 11) is 0. The molecule has 0 aliphatic carbocycles. The van der Waals surface area contributed by atoms with E-state index in [-0.39, 0.29) is 5.56 Å². The van der Waals surface area contributed by atoms with Gasteiger partial charge in [-0.3, -0.25) is 4.79 Å². The first-order valence-electron chi connectivity index (χ1n) is 9.44. The van der Waals surface area contributed by atoms with Crippen molar-refractivity contribution in [3.63, 3.8) is 0 Å². The van der Waals surface area contributed by atoms with Crippen LogP contribution >= 0.6 is 0 Å². The van der Waals surface area contributed by atoms with Gasteiger partial charge in [-0.25, -0.2) is 9.97 Å². The summed E-state index contributed by atoms with van der Waals surface area (Å²) in [6.07, 6.45) is 5.84. The minimum atomic E-state index is -0.109. The number of aromatic nitrogens is 4. The molecule has 0 saturated heterocycles. The zero-order chi connectivity index (χ0) is 19.5. The predicted octanol–water partition coefficient (Wildman–Crippen LogP) is 3.97. The highest BCUT2D eigenvalue weighted by Crippen LogP contribution is 2.19. The summed E-state index contributed by atoms with van der Waals surface area (Å²) in [6, 6.07) is 12.2. The molecule has 0 fully saturated rings. The minimum Gasteiger partial charge on any atom is -0.370 e. The highest BCUT2D eigenvalue weighted by atomic mass is 16.1. The van der Waals surface area contributed by atoms with Crippen LogP contribution in [0, 0.1) is 13.8 Å². The van der Waals surface area contributed by atoms with Crippen molar-refractivity contribution in [2.45, 2.75) is 26.7 Å². The van der Waals surface area contributed by atoms with Crippen molar-refractivity contribution < 1.29 is 0 Å². The molecule has 0 bridgehead atoms. The topological polar surface area (TPSA) is 86.5 Å². The lowest BCUT2D eigenvalue weighted by atomic mass is 10.1. The molecular weight excluding hydrogens is 350 g/mol. The molecule has 1 aromatic carbocycles. The Morgan fingerprint density at radius 2 is 1.96 bits per heavy atom. The molecule has 4 rings (SSSR count). The third-order valence-corrected chi connectivity index (χ3v) is 5.04. The van der Waals surface area contributed by atoms with Gasteiger partial charge in [0.15, 0.2) is 0 Å². The first kappa shape index (κ1) is 18.0. The van der Waals surface area contributed by atoms with E-state index in [1.54, 1.807) is 13.1 Å². The SMILES string of the molecule is Cc1nc(-c2ccc(NCCCc3c[nH]c4ccccc34)nc2)[nH]c(=O)c1C. The maximum absolute atomic E-state index is 11.9. The third-order valence-electron chi connectivity index (χ3n) is 5.04. The van der Waals surface area contributed by atoms with E-state index in [1.807, 2.05) is 25.1 Å². The van der Waals surface area contributed by atoms with Crippen molar-refractivity contribution in [2.75, 3.05) is 11.9 Å². The van der Waals surface area contributed by atoms with Gasteiger partial charge in [0.25, 0.3) is 5.56 Å². The number of hydrogen-bond acceptors (Lipinski definition) is 4. The van der Waals surface area contributed by atoms with E-state index in [9.17, 15) is 4.79 Å². The van der Waals surface area contributed by atoms with E-state index in [2.05, 4.69) is 49.6 Å². The lowest BCUT2D eigenvalue weighted by Gasteiger charge is -2.07. The molecule has 0 atom stereocenters. The van der Waals surface area contributed by atoms with Gasteiger partial charge in [0.1, 0.15) is 11.6 Å². The second-order valence-corrected chi connectivity index (χ2v) is 6.95. The molecule has 0 amide bonds. The third kappa shape index (κ3) is 3.67. The Balaban J connectivity index is 1.35. The Morgan fingerprint density at radius 1 is 1.11 bits per heavy atom. The smallest absolute Gasteiger partial charge is 0.254 e. The lowest BCUT2D eigenvalue weighted by Crippen LogP contribution is -2.14. The zero-order valence-electron chi connectivity index (χ0n) is 16.0.